The lowest BCUT2D eigenvalue weighted by atomic mass is 10.2. The van der Waals surface area contributed by atoms with Crippen LogP contribution in [0.5, 0.6) is 11.5 Å². The number of rotatable bonds is 3. The number of aromatic carboxylic acids is 1. The maximum atomic E-state index is 13.2. The number of hydrogen-bond acceptors (Lipinski definition) is 2. The molecule has 3 nitrogen and oxygen atoms in total. The molecule has 0 aliphatic rings. The van der Waals surface area contributed by atoms with Crippen LogP contribution in [0.3, 0.4) is 0 Å². The molecule has 2 aromatic rings. The number of carbonyl (C=O) groups is 1. The molecule has 1 N–H and O–H groups in total. The molecular weight excluding hydrogens is 338 g/mol. The SMILES string of the molecule is O=C(O)c1ccc(Oc2cc(F)cc(Br)c2)c(Cl)c1. The largest absolute Gasteiger partial charge is 0.478 e. The first kappa shape index (κ1) is 13.8. The van der Waals surface area contributed by atoms with Gasteiger partial charge < -0.3 is 9.84 Å². The van der Waals surface area contributed by atoms with Crippen molar-refractivity contribution in [2.75, 3.05) is 0 Å². The highest BCUT2D eigenvalue weighted by atomic mass is 79.9. The van der Waals surface area contributed by atoms with Crippen LogP contribution in [0.4, 0.5) is 4.39 Å². The summed E-state index contributed by atoms with van der Waals surface area (Å²) in [4.78, 5) is 10.8. The first-order valence-electron chi connectivity index (χ1n) is 5.12. The molecule has 0 radical (unpaired) electrons. The number of hydrogen-bond donors (Lipinski definition) is 1. The normalized spacial score (nSPS) is 10.3. The molecular formula is C13H7BrClFO3. The smallest absolute Gasteiger partial charge is 0.335 e. The minimum absolute atomic E-state index is 0.0535. The van der Waals surface area contributed by atoms with Crippen molar-refractivity contribution >= 4 is 33.5 Å². The average molecular weight is 346 g/mol. The fraction of sp³-hybridized carbons (Fsp3) is 0. The fourth-order valence-corrected chi connectivity index (χ4v) is 2.09. The van der Waals surface area contributed by atoms with Crippen molar-refractivity contribution in [1.82, 2.24) is 0 Å². The summed E-state index contributed by atoms with van der Waals surface area (Å²) < 4.78 is 19.1. The molecule has 98 valence electrons. The molecule has 6 heteroatoms. The zero-order chi connectivity index (χ0) is 14.0. The van der Waals surface area contributed by atoms with Gasteiger partial charge in [-0.3, -0.25) is 0 Å². The Bertz CT molecular complexity index is 626. The number of ether oxygens (including phenoxy) is 1. The number of halogens is 3. The van der Waals surface area contributed by atoms with E-state index >= 15 is 0 Å². The summed E-state index contributed by atoms with van der Waals surface area (Å²) in [6.45, 7) is 0. The van der Waals surface area contributed by atoms with E-state index in [1.807, 2.05) is 0 Å². The quantitative estimate of drug-likeness (QED) is 0.874. The summed E-state index contributed by atoms with van der Waals surface area (Å²) >= 11 is 9.05. The minimum Gasteiger partial charge on any atom is -0.478 e. The van der Waals surface area contributed by atoms with Crippen LogP contribution in [0.2, 0.25) is 5.02 Å². The van der Waals surface area contributed by atoms with E-state index in [2.05, 4.69) is 15.9 Å². The third kappa shape index (κ3) is 3.45. The van der Waals surface area contributed by atoms with Crippen molar-refractivity contribution in [3.8, 4) is 11.5 Å². The van der Waals surface area contributed by atoms with Gasteiger partial charge in [-0.25, -0.2) is 9.18 Å². The second-order valence-corrected chi connectivity index (χ2v) is 4.98. The molecule has 0 saturated carbocycles. The standard InChI is InChI=1S/C13H7BrClFO3/c14-8-4-9(16)6-10(5-8)19-12-2-1-7(13(17)18)3-11(12)15/h1-6H,(H,17,18). The summed E-state index contributed by atoms with van der Waals surface area (Å²) in [6.07, 6.45) is 0. The Morgan fingerprint density at radius 3 is 2.58 bits per heavy atom. The lowest BCUT2D eigenvalue weighted by molar-refractivity contribution is 0.0697. The summed E-state index contributed by atoms with van der Waals surface area (Å²) in [6, 6.07) is 8.12. The topological polar surface area (TPSA) is 46.5 Å². The van der Waals surface area contributed by atoms with Crippen molar-refractivity contribution in [3.05, 3.63) is 57.3 Å². The molecule has 0 aliphatic heterocycles. The molecule has 0 atom stereocenters. The Labute approximate surface area is 121 Å². The summed E-state index contributed by atoms with van der Waals surface area (Å²) in [5.74, 6) is -1.02. The average Bonchev–Trinajstić information content (AvgIpc) is 2.30. The maximum absolute atomic E-state index is 13.2. The molecule has 0 saturated heterocycles. The first-order chi connectivity index (χ1) is 8.95. The molecule has 0 unspecified atom stereocenters. The van der Waals surface area contributed by atoms with Crippen LogP contribution in [0.25, 0.3) is 0 Å². The van der Waals surface area contributed by atoms with Gasteiger partial charge in [0.1, 0.15) is 17.3 Å². The fourth-order valence-electron chi connectivity index (χ4n) is 1.43. The van der Waals surface area contributed by atoms with E-state index < -0.39 is 11.8 Å². The molecule has 0 spiro atoms. The van der Waals surface area contributed by atoms with E-state index in [1.165, 1.54) is 30.3 Å². The van der Waals surface area contributed by atoms with Gasteiger partial charge in [-0.1, -0.05) is 27.5 Å². The number of carboxylic acid groups (broad SMARTS) is 1. The van der Waals surface area contributed by atoms with Crippen LogP contribution in [0, 0.1) is 5.82 Å². The van der Waals surface area contributed by atoms with E-state index in [9.17, 15) is 9.18 Å². The minimum atomic E-state index is -1.08. The Hall–Kier alpha value is -1.59. The Morgan fingerprint density at radius 2 is 2.00 bits per heavy atom. The van der Waals surface area contributed by atoms with Gasteiger partial charge >= 0.3 is 5.97 Å². The molecule has 0 aromatic heterocycles. The Kier molecular flexibility index (Phi) is 4.07. The van der Waals surface area contributed by atoms with Crippen LogP contribution >= 0.6 is 27.5 Å². The number of carboxylic acids is 1. The highest BCUT2D eigenvalue weighted by Gasteiger charge is 2.09. The van der Waals surface area contributed by atoms with Crippen molar-refractivity contribution in [3.63, 3.8) is 0 Å². The van der Waals surface area contributed by atoms with Crippen molar-refractivity contribution in [2.45, 2.75) is 0 Å². The van der Waals surface area contributed by atoms with E-state index in [1.54, 1.807) is 6.07 Å². The third-order valence-electron chi connectivity index (χ3n) is 2.24. The van der Waals surface area contributed by atoms with Gasteiger partial charge in [0.2, 0.25) is 0 Å². The number of benzene rings is 2. The molecule has 0 fully saturated rings. The van der Waals surface area contributed by atoms with Crippen LogP contribution in [-0.2, 0) is 0 Å². The predicted octanol–water partition coefficient (Wildman–Crippen LogP) is 4.73. The summed E-state index contributed by atoms with van der Waals surface area (Å²) in [7, 11) is 0. The molecule has 0 amide bonds. The van der Waals surface area contributed by atoms with Gasteiger partial charge in [0.25, 0.3) is 0 Å². The molecule has 0 heterocycles. The Morgan fingerprint density at radius 1 is 1.26 bits per heavy atom. The molecule has 0 aliphatic carbocycles. The third-order valence-corrected chi connectivity index (χ3v) is 3.00. The second kappa shape index (κ2) is 5.59. The highest BCUT2D eigenvalue weighted by molar-refractivity contribution is 9.10. The van der Waals surface area contributed by atoms with Gasteiger partial charge in [0.05, 0.1) is 10.6 Å². The highest BCUT2D eigenvalue weighted by Crippen LogP contribution is 2.31. The molecule has 19 heavy (non-hydrogen) atoms. The zero-order valence-corrected chi connectivity index (χ0v) is 11.7. The van der Waals surface area contributed by atoms with Crippen molar-refractivity contribution in [1.29, 1.82) is 0 Å². The van der Waals surface area contributed by atoms with Crippen LogP contribution in [0.15, 0.2) is 40.9 Å². The van der Waals surface area contributed by atoms with Crippen LogP contribution in [-0.4, -0.2) is 11.1 Å². The second-order valence-electron chi connectivity index (χ2n) is 3.66. The van der Waals surface area contributed by atoms with Gasteiger partial charge in [-0.15, -0.1) is 0 Å². The van der Waals surface area contributed by atoms with E-state index in [4.69, 9.17) is 21.4 Å². The first-order valence-corrected chi connectivity index (χ1v) is 6.29. The van der Waals surface area contributed by atoms with E-state index in [0.717, 1.165) is 0 Å². The summed E-state index contributed by atoms with van der Waals surface area (Å²) in [5, 5.41) is 8.95. The maximum Gasteiger partial charge on any atom is 0.335 e. The lowest BCUT2D eigenvalue weighted by Gasteiger charge is -2.08. The van der Waals surface area contributed by atoms with Crippen molar-refractivity contribution in [2.24, 2.45) is 0 Å². The van der Waals surface area contributed by atoms with Gasteiger partial charge in [0, 0.05) is 10.5 Å². The monoisotopic (exact) mass is 344 g/mol. The van der Waals surface area contributed by atoms with Gasteiger partial charge in [-0.05, 0) is 30.3 Å². The molecule has 0 bridgehead atoms. The van der Waals surface area contributed by atoms with Gasteiger partial charge in [-0.2, -0.15) is 0 Å². The zero-order valence-electron chi connectivity index (χ0n) is 9.36. The molecule has 2 aromatic carbocycles. The predicted molar refractivity (Wildman–Crippen MR) is 72.6 cm³/mol. The van der Waals surface area contributed by atoms with Crippen LogP contribution in [0.1, 0.15) is 10.4 Å². The Balaban J connectivity index is 2.30. The lowest BCUT2D eigenvalue weighted by Crippen LogP contribution is -1.96. The van der Waals surface area contributed by atoms with Crippen molar-refractivity contribution < 1.29 is 19.0 Å². The van der Waals surface area contributed by atoms with E-state index in [0.29, 0.717) is 4.47 Å². The van der Waals surface area contributed by atoms with Gasteiger partial charge in [0.15, 0.2) is 0 Å². The van der Waals surface area contributed by atoms with E-state index in [-0.39, 0.29) is 22.1 Å². The molecule has 2 rings (SSSR count). The summed E-state index contributed by atoms with van der Waals surface area (Å²) in [5.41, 5.74) is 0.0535. The van der Waals surface area contributed by atoms with Crippen LogP contribution < -0.4 is 4.74 Å².